The summed E-state index contributed by atoms with van der Waals surface area (Å²) in [5, 5.41) is 37.7. The Morgan fingerprint density at radius 1 is 0.880 bits per heavy atom. The quantitative estimate of drug-likeness (QED) is 0.455. The van der Waals surface area contributed by atoms with Crippen molar-refractivity contribution in [3.05, 3.63) is 0 Å². The van der Waals surface area contributed by atoms with Crippen molar-refractivity contribution in [2.24, 2.45) is 0 Å². The van der Waals surface area contributed by atoms with Crippen molar-refractivity contribution in [3.63, 3.8) is 0 Å². The summed E-state index contributed by atoms with van der Waals surface area (Å²) in [6.45, 7) is 7.17. The fourth-order valence-electron chi connectivity index (χ4n) is 4.57. The Labute approximate surface area is 153 Å². The van der Waals surface area contributed by atoms with E-state index in [1.807, 2.05) is 0 Å². The first kappa shape index (κ1) is 21.1. The van der Waals surface area contributed by atoms with Crippen molar-refractivity contribution >= 4 is 0 Å². The van der Waals surface area contributed by atoms with E-state index >= 15 is 0 Å². The van der Waals surface area contributed by atoms with Crippen LogP contribution in [-0.4, -0.2) is 82.3 Å². The van der Waals surface area contributed by atoms with Gasteiger partial charge in [0.2, 0.25) is 0 Å². The van der Waals surface area contributed by atoms with Crippen LogP contribution in [0.1, 0.15) is 59.3 Å². The molecule has 0 aromatic carbocycles. The van der Waals surface area contributed by atoms with Gasteiger partial charge < -0.3 is 26.0 Å². The molecule has 0 spiro atoms. The van der Waals surface area contributed by atoms with Crippen LogP contribution >= 0.6 is 0 Å². The summed E-state index contributed by atoms with van der Waals surface area (Å²) in [6.07, 6.45) is 4.07. The molecule has 2 fully saturated rings. The molecule has 2 aliphatic rings. The van der Waals surface area contributed by atoms with Gasteiger partial charge in [0.25, 0.3) is 0 Å². The molecular formula is C19H39N3O3. The van der Waals surface area contributed by atoms with Gasteiger partial charge in [-0.15, -0.1) is 0 Å². The maximum Gasteiger partial charge on any atom is 0.0951 e. The predicted molar refractivity (Wildman–Crippen MR) is 101 cm³/mol. The maximum atomic E-state index is 10.8. The zero-order valence-corrected chi connectivity index (χ0v) is 16.4. The van der Waals surface area contributed by atoms with Crippen molar-refractivity contribution in [1.29, 1.82) is 0 Å². The highest BCUT2D eigenvalue weighted by Gasteiger charge is 2.35. The molecule has 6 heteroatoms. The van der Waals surface area contributed by atoms with Gasteiger partial charge >= 0.3 is 0 Å². The molecule has 2 saturated carbocycles. The molecule has 25 heavy (non-hydrogen) atoms. The predicted octanol–water partition coefficient (Wildman–Crippen LogP) is 0.451. The highest BCUT2D eigenvalue weighted by molar-refractivity contribution is 4.93. The van der Waals surface area contributed by atoms with E-state index in [2.05, 4.69) is 43.4 Å². The Hall–Kier alpha value is -0.240. The lowest BCUT2D eigenvalue weighted by atomic mass is 9.86. The average molecular weight is 358 g/mol. The fraction of sp³-hybridized carbons (Fsp3) is 1.00. The molecule has 2 aliphatic carbocycles. The molecule has 0 heterocycles. The second-order valence-corrected chi connectivity index (χ2v) is 8.52. The first-order valence-corrected chi connectivity index (χ1v) is 10.1. The summed E-state index contributed by atoms with van der Waals surface area (Å²) in [5.74, 6) is 0. The fourth-order valence-corrected chi connectivity index (χ4v) is 4.57. The Kier molecular flexibility index (Phi) is 8.11. The van der Waals surface area contributed by atoms with Crippen LogP contribution in [0.2, 0.25) is 0 Å². The molecule has 5 N–H and O–H groups in total. The van der Waals surface area contributed by atoms with Gasteiger partial charge in [0.15, 0.2) is 0 Å². The average Bonchev–Trinajstić information content (AvgIpc) is 2.53. The van der Waals surface area contributed by atoms with Gasteiger partial charge in [0.05, 0.1) is 18.3 Å². The number of nitrogens with one attached hydrogen (secondary N) is 2. The van der Waals surface area contributed by atoms with Gasteiger partial charge in [0, 0.05) is 36.8 Å². The molecule has 1 unspecified atom stereocenters. The molecule has 148 valence electrons. The largest absolute Gasteiger partial charge is 0.390 e. The minimum absolute atomic E-state index is 0.0428. The van der Waals surface area contributed by atoms with E-state index in [9.17, 15) is 15.3 Å². The van der Waals surface area contributed by atoms with Crippen LogP contribution < -0.4 is 10.6 Å². The van der Waals surface area contributed by atoms with Crippen LogP contribution in [0.4, 0.5) is 0 Å². The van der Waals surface area contributed by atoms with Gasteiger partial charge in [-0.25, -0.2) is 0 Å². The number of nitrogens with zero attached hydrogens (tertiary/aromatic N) is 1. The summed E-state index contributed by atoms with van der Waals surface area (Å²) < 4.78 is 0. The summed E-state index contributed by atoms with van der Waals surface area (Å²) in [5.41, 5.74) is 0. The molecule has 0 bridgehead atoms. The van der Waals surface area contributed by atoms with Crippen molar-refractivity contribution in [2.45, 2.75) is 108 Å². The molecule has 0 aromatic heterocycles. The third-order valence-corrected chi connectivity index (χ3v) is 5.82. The Bertz CT molecular complexity index is 396. The summed E-state index contributed by atoms with van der Waals surface area (Å²) in [4.78, 5) is 2.25. The molecule has 6 nitrogen and oxygen atoms in total. The second kappa shape index (κ2) is 9.62. The van der Waals surface area contributed by atoms with E-state index in [4.69, 9.17) is 0 Å². The van der Waals surface area contributed by atoms with Crippen LogP contribution in [0, 0.1) is 0 Å². The van der Waals surface area contributed by atoms with Crippen molar-refractivity contribution in [2.75, 3.05) is 13.6 Å². The lowest BCUT2D eigenvalue weighted by molar-refractivity contribution is -0.0342. The number of hydrogen-bond donors (Lipinski definition) is 5. The number of rotatable bonds is 7. The van der Waals surface area contributed by atoms with E-state index in [-0.39, 0.29) is 30.3 Å². The molecular weight excluding hydrogens is 318 g/mol. The lowest BCUT2D eigenvalue weighted by Gasteiger charge is -2.42. The van der Waals surface area contributed by atoms with E-state index < -0.39 is 12.2 Å². The van der Waals surface area contributed by atoms with Crippen molar-refractivity contribution in [1.82, 2.24) is 15.5 Å². The zero-order chi connectivity index (χ0) is 18.6. The molecule has 0 aliphatic heterocycles. The summed E-state index contributed by atoms with van der Waals surface area (Å²) >= 11 is 0. The van der Waals surface area contributed by atoms with Crippen LogP contribution in [0.25, 0.3) is 0 Å². The van der Waals surface area contributed by atoms with Gasteiger partial charge in [0.1, 0.15) is 0 Å². The van der Waals surface area contributed by atoms with Gasteiger partial charge in [-0.1, -0.05) is 20.3 Å². The van der Waals surface area contributed by atoms with E-state index in [1.54, 1.807) is 0 Å². The third-order valence-electron chi connectivity index (χ3n) is 5.82. The summed E-state index contributed by atoms with van der Waals surface area (Å²) in [6, 6.07) is 0.860. The third kappa shape index (κ3) is 5.88. The highest BCUT2D eigenvalue weighted by atomic mass is 16.3. The normalized spacial score (nSPS) is 38.3. The SMILES string of the molecule is CC(C)N[C@H]1CCC[C@H](N(C)CC(C)N[C@H]2CCC[C@H](O)[C@@H]2O)[C@H]1O. The number of aliphatic hydroxyl groups excluding tert-OH is 3. The standard InChI is InChI=1S/C19H39N3O3/c1-12(2)20-14-7-5-9-16(18(14)24)22(4)11-13(3)21-15-8-6-10-17(23)19(15)25/h12-21,23-25H,5-11H2,1-4H3/t13?,14-,15-,16-,17-,18-,19+/m0/s1. The molecule has 0 saturated heterocycles. The van der Waals surface area contributed by atoms with E-state index in [0.717, 1.165) is 38.6 Å². The minimum Gasteiger partial charge on any atom is -0.390 e. The highest BCUT2D eigenvalue weighted by Crippen LogP contribution is 2.24. The zero-order valence-electron chi connectivity index (χ0n) is 16.4. The molecule has 0 amide bonds. The molecule has 0 aromatic rings. The van der Waals surface area contributed by atoms with Crippen molar-refractivity contribution < 1.29 is 15.3 Å². The van der Waals surface area contributed by atoms with E-state index in [1.165, 1.54) is 0 Å². The first-order chi connectivity index (χ1) is 11.8. The second-order valence-electron chi connectivity index (χ2n) is 8.52. The van der Waals surface area contributed by atoms with Gasteiger partial charge in [-0.2, -0.15) is 0 Å². The molecule has 2 rings (SSSR count). The number of likely N-dealkylation sites (N-methyl/N-ethyl adjacent to an activating group) is 1. The Balaban J connectivity index is 1.84. The number of hydrogen-bond acceptors (Lipinski definition) is 6. The van der Waals surface area contributed by atoms with Crippen LogP contribution in [0.3, 0.4) is 0 Å². The van der Waals surface area contributed by atoms with Crippen LogP contribution in [0.5, 0.6) is 0 Å². The summed E-state index contributed by atoms with van der Waals surface area (Å²) in [7, 11) is 2.08. The topological polar surface area (TPSA) is 88.0 Å². The smallest absolute Gasteiger partial charge is 0.0951 e. The Morgan fingerprint density at radius 3 is 2.12 bits per heavy atom. The van der Waals surface area contributed by atoms with E-state index in [0.29, 0.717) is 12.5 Å². The van der Waals surface area contributed by atoms with Crippen molar-refractivity contribution in [3.8, 4) is 0 Å². The van der Waals surface area contributed by atoms with Crippen LogP contribution in [0.15, 0.2) is 0 Å². The number of aliphatic hydroxyl groups is 3. The Morgan fingerprint density at radius 2 is 1.48 bits per heavy atom. The monoisotopic (exact) mass is 357 g/mol. The minimum atomic E-state index is -0.679. The molecule has 0 radical (unpaired) electrons. The lowest BCUT2D eigenvalue weighted by Crippen LogP contribution is -2.58. The molecule has 7 atom stereocenters. The van der Waals surface area contributed by atoms with Gasteiger partial charge in [-0.3, -0.25) is 4.90 Å². The maximum absolute atomic E-state index is 10.8. The van der Waals surface area contributed by atoms with Gasteiger partial charge in [-0.05, 0) is 46.1 Å². The van der Waals surface area contributed by atoms with Crippen LogP contribution in [-0.2, 0) is 0 Å². The first-order valence-electron chi connectivity index (χ1n) is 10.1.